The van der Waals surface area contributed by atoms with Gasteiger partial charge in [-0.3, -0.25) is 4.79 Å². The van der Waals surface area contributed by atoms with E-state index in [4.69, 9.17) is 4.52 Å². The number of carbonyl (C=O) groups excluding carboxylic acids is 1. The number of hydrogen-bond acceptors (Lipinski definition) is 5. The molecular weight excluding hydrogens is 334 g/mol. The summed E-state index contributed by atoms with van der Waals surface area (Å²) in [5.41, 5.74) is 0.893. The van der Waals surface area contributed by atoms with Crippen LogP contribution in [0.25, 0.3) is 11.5 Å². The van der Waals surface area contributed by atoms with Crippen LogP contribution in [0, 0.1) is 0 Å². The van der Waals surface area contributed by atoms with E-state index < -0.39 is 0 Å². The Morgan fingerprint density at radius 2 is 1.76 bits per heavy atom. The van der Waals surface area contributed by atoms with E-state index in [9.17, 15) is 4.79 Å². The molecule has 3 rings (SSSR count). The number of aromatic nitrogens is 2. The van der Waals surface area contributed by atoms with Gasteiger partial charge in [-0.2, -0.15) is 4.98 Å². The maximum absolute atomic E-state index is 12.2. The zero-order chi connectivity index (χ0) is 17.5. The largest absolute Gasteiger partial charge is 0.345 e. The lowest BCUT2D eigenvalue weighted by Gasteiger charge is -2.15. The SMILES string of the molecule is CN(CCc1noc(-c2ccccc2)n1)C(=O)CSc1ccccc1. The Morgan fingerprint density at radius 3 is 2.48 bits per heavy atom. The molecule has 0 radical (unpaired) electrons. The Hall–Kier alpha value is -2.60. The summed E-state index contributed by atoms with van der Waals surface area (Å²) in [5.74, 6) is 1.61. The minimum Gasteiger partial charge on any atom is -0.345 e. The average molecular weight is 353 g/mol. The Labute approximate surface area is 151 Å². The predicted octanol–water partition coefficient (Wildman–Crippen LogP) is 3.53. The van der Waals surface area contributed by atoms with Gasteiger partial charge in [0.25, 0.3) is 5.89 Å². The van der Waals surface area contributed by atoms with Crippen molar-refractivity contribution in [1.29, 1.82) is 0 Å². The van der Waals surface area contributed by atoms with Crippen molar-refractivity contribution in [2.75, 3.05) is 19.3 Å². The maximum Gasteiger partial charge on any atom is 0.257 e. The van der Waals surface area contributed by atoms with Crippen molar-refractivity contribution in [2.24, 2.45) is 0 Å². The van der Waals surface area contributed by atoms with Crippen LogP contribution in [0.1, 0.15) is 5.82 Å². The molecule has 0 saturated heterocycles. The van der Waals surface area contributed by atoms with Crippen LogP contribution in [0.5, 0.6) is 0 Å². The van der Waals surface area contributed by atoms with Crippen molar-refractivity contribution in [2.45, 2.75) is 11.3 Å². The van der Waals surface area contributed by atoms with Crippen molar-refractivity contribution in [3.63, 3.8) is 0 Å². The summed E-state index contributed by atoms with van der Waals surface area (Å²) in [4.78, 5) is 19.4. The monoisotopic (exact) mass is 353 g/mol. The van der Waals surface area contributed by atoms with Gasteiger partial charge in [-0.25, -0.2) is 0 Å². The smallest absolute Gasteiger partial charge is 0.257 e. The van der Waals surface area contributed by atoms with E-state index in [1.54, 1.807) is 11.9 Å². The number of rotatable bonds is 7. The molecule has 0 aliphatic rings. The molecule has 3 aromatic rings. The second kappa shape index (κ2) is 8.48. The van der Waals surface area contributed by atoms with E-state index in [0.29, 0.717) is 30.4 Å². The number of carbonyl (C=O) groups is 1. The molecule has 0 unspecified atom stereocenters. The summed E-state index contributed by atoms with van der Waals surface area (Å²) in [5, 5.41) is 3.99. The molecule has 1 heterocycles. The molecule has 0 atom stereocenters. The van der Waals surface area contributed by atoms with Gasteiger partial charge >= 0.3 is 0 Å². The van der Waals surface area contributed by atoms with Gasteiger partial charge in [0, 0.05) is 30.5 Å². The molecule has 0 saturated carbocycles. The highest BCUT2D eigenvalue weighted by Gasteiger charge is 2.12. The maximum atomic E-state index is 12.2. The first-order valence-corrected chi connectivity index (χ1v) is 9.01. The minimum absolute atomic E-state index is 0.0839. The molecule has 2 aromatic carbocycles. The van der Waals surface area contributed by atoms with E-state index >= 15 is 0 Å². The number of amides is 1. The summed E-state index contributed by atoms with van der Waals surface area (Å²) in [7, 11) is 1.80. The van der Waals surface area contributed by atoms with Crippen LogP contribution in [-0.4, -0.2) is 40.3 Å². The number of benzene rings is 2. The summed E-state index contributed by atoms with van der Waals surface area (Å²) >= 11 is 1.54. The lowest BCUT2D eigenvalue weighted by atomic mass is 10.2. The quantitative estimate of drug-likeness (QED) is 0.608. The van der Waals surface area contributed by atoms with E-state index in [-0.39, 0.29) is 5.91 Å². The molecule has 0 bridgehead atoms. The van der Waals surface area contributed by atoms with Crippen LogP contribution in [-0.2, 0) is 11.2 Å². The lowest BCUT2D eigenvalue weighted by molar-refractivity contribution is -0.127. The van der Waals surface area contributed by atoms with Crippen LogP contribution in [0.15, 0.2) is 70.1 Å². The van der Waals surface area contributed by atoms with Crippen LogP contribution in [0.3, 0.4) is 0 Å². The summed E-state index contributed by atoms with van der Waals surface area (Å²) < 4.78 is 5.28. The van der Waals surface area contributed by atoms with Crippen LogP contribution < -0.4 is 0 Å². The van der Waals surface area contributed by atoms with Crippen molar-refractivity contribution < 1.29 is 9.32 Å². The van der Waals surface area contributed by atoms with Crippen molar-refractivity contribution in [3.8, 4) is 11.5 Å². The highest BCUT2D eigenvalue weighted by Crippen LogP contribution is 2.18. The predicted molar refractivity (Wildman–Crippen MR) is 98.2 cm³/mol. The fourth-order valence-electron chi connectivity index (χ4n) is 2.22. The number of hydrogen-bond donors (Lipinski definition) is 0. The summed E-state index contributed by atoms with van der Waals surface area (Å²) in [6, 6.07) is 19.5. The zero-order valence-corrected chi connectivity index (χ0v) is 14.8. The molecular formula is C19H19N3O2S. The summed E-state index contributed by atoms with van der Waals surface area (Å²) in [6.07, 6.45) is 0.564. The third-order valence-electron chi connectivity index (χ3n) is 3.69. The molecule has 25 heavy (non-hydrogen) atoms. The zero-order valence-electron chi connectivity index (χ0n) is 14.0. The Bertz CT molecular complexity index is 806. The van der Waals surface area contributed by atoms with Crippen molar-refractivity contribution in [3.05, 3.63) is 66.5 Å². The Balaban J connectivity index is 1.48. The molecule has 0 spiro atoms. The molecule has 0 fully saturated rings. The fourth-order valence-corrected chi connectivity index (χ4v) is 3.08. The van der Waals surface area contributed by atoms with Gasteiger partial charge in [0.2, 0.25) is 5.91 Å². The van der Waals surface area contributed by atoms with Gasteiger partial charge < -0.3 is 9.42 Å². The molecule has 1 aromatic heterocycles. The summed E-state index contributed by atoms with van der Waals surface area (Å²) in [6.45, 7) is 0.557. The van der Waals surface area contributed by atoms with E-state index in [1.807, 2.05) is 60.7 Å². The molecule has 6 heteroatoms. The van der Waals surface area contributed by atoms with Gasteiger partial charge in [0.05, 0.1) is 5.75 Å². The van der Waals surface area contributed by atoms with Crippen LogP contribution in [0.4, 0.5) is 0 Å². The fraction of sp³-hybridized carbons (Fsp3) is 0.211. The van der Waals surface area contributed by atoms with Gasteiger partial charge in [0.1, 0.15) is 0 Å². The normalized spacial score (nSPS) is 10.6. The van der Waals surface area contributed by atoms with Gasteiger partial charge in [0.15, 0.2) is 5.82 Å². The van der Waals surface area contributed by atoms with E-state index in [2.05, 4.69) is 10.1 Å². The topological polar surface area (TPSA) is 59.2 Å². The van der Waals surface area contributed by atoms with Gasteiger partial charge in [-0.05, 0) is 24.3 Å². The second-order valence-electron chi connectivity index (χ2n) is 5.55. The first kappa shape index (κ1) is 17.2. The minimum atomic E-state index is 0.0839. The lowest BCUT2D eigenvalue weighted by Crippen LogP contribution is -2.30. The molecule has 5 nitrogen and oxygen atoms in total. The third-order valence-corrected chi connectivity index (χ3v) is 4.69. The molecule has 0 aliphatic heterocycles. The van der Waals surface area contributed by atoms with Crippen molar-refractivity contribution in [1.82, 2.24) is 15.0 Å². The van der Waals surface area contributed by atoms with Crippen LogP contribution >= 0.6 is 11.8 Å². The van der Waals surface area contributed by atoms with Gasteiger partial charge in [-0.1, -0.05) is 41.6 Å². The molecule has 1 amide bonds. The first-order valence-electron chi connectivity index (χ1n) is 8.02. The van der Waals surface area contributed by atoms with Gasteiger partial charge in [-0.15, -0.1) is 11.8 Å². The first-order chi connectivity index (χ1) is 12.2. The molecule has 0 aliphatic carbocycles. The number of thioether (sulfide) groups is 1. The molecule has 0 N–H and O–H groups in total. The standard InChI is InChI=1S/C19H19N3O2S/c1-22(18(23)14-25-16-10-6-3-7-11-16)13-12-17-20-19(24-21-17)15-8-4-2-5-9-15/h2-11H,12-14H2,1H3. The van der Waals surface area contributed by atoms with Crippen molar-refractivity contribution >= 4 is 17.7 Å². The highest BCUT2D eigenvalue weighted by molar-refractivity contribution is 8.00. The Morgan fingerprint density at radius 1 is 1.08 bits per heavy atom. The van der Waals surface area contributed by atoms with E-state index in [1.165, 1.54) is 11.8 Å². The van der Waals surface area contributed by atoms with E-state index in [0.717, 1.165) is 10.5 Å². The second-order valence-corrected chi connectivity index (χ2v) is 6.60. The number of nitrogens with zero attached hydrogens (tertiary/aromatic N) is 3. The Kier molecular flexibility index (Phi) is 5.85. The molecule has 128 valence electrons. The average Bonchev–Trinajstić information content (AvgIpc) is 3.15. The highest BCUT2D eigenvalue weighted by atomic mass is 32.2. The number of likely N-dealkylation sites (N-methyl/N-ethyl adjacent to an activating group) is 1. The van der Waals surface area contributed by atoms with Crippen LogP contribution in [0.2, 0.25) is 0 Å². The third kappa shape index (κ3) is 4.93.